The minimum atomic E-state index is -4.44. The van der Waals surface area contributed by atoms with Gasteiger partial charge in [0.05, 0.1) is 17.7 Å². The number of ether oxygens (including phenoxy) is 1. The summed E-state index contributed by atoms with van der Waals surface area (Å²) in [5.74, 6) is -1.36. The number of hydrogen-bond acceptors (Lipinski definition) is 2. The predicted octanol–water partition coefficient (Wildman–Crippen LogP) is 4.69. The minimum Gasteiger partial charge on any atom is -0.462 e. The van der Waals surface area contributed by atoms with Crippen LogP contribution in [0.3, 0.4) is 0 Å². The van der Waals surface area contributed by atoms with Gasteiger partial charge in [0.25, 0.3) is 0 Å². The van der Waals surface area contributed by atoms with Gasteiger partial charge in [-0.25, -0.2) is 9.18 Å². The van der Waals surface area contributed by atoms with E-state index in [9.17, 15) is 22.4 Å². The molecule has 6 heteroatoms. The quantitative estimate of drug-likeness (QED) is 0.607. The van der Waals surface area contributed by atoms with Crippen LogP contribution < -0.4 is 0 Å². The third kappa shape index (κ3) is 3.44. The van der Waals surface area contributed by atoms with Crippen molar-refractivity contribution in [3.8, 4) is 11.1 Å². The third-order valence-electron chi connectivity index (χ3n) is 3.00. The van der Waals surface area contributed by atoms with Gasteiger partial charge in [0.1, 0.15) is 5.82 Å². The van der Waals surface area contributed by atoms with E-state index in [2.05, 4.69) is 0 Å². The Labute approximate surface area is 124 Å². The summed E-state index contributed by atoms with van der Waals surface area (Å²) < 4.78 is 56.3. The first-order valence-corrected chi connectivity index (χ1v) is 6.47. The van der Waals surface area contributed by atoms with E-state index in [-0.39, 0.29) is 17.7 Å². The molecule has 0 fully saturated rings. The van der Waals surface area contributed by atoms with Crippen LogP contribution in [0.15, 0.2) is 42.5 Å². The summed E-state index contributed by atoms with van der Waals surface area (Å²) in [5, 5.41) is 0. The van der Waals surface area contributed by atoms with Crippen molar-refractivity contribution in [3.05, 3.63) is 59.4 Å². The topological polar surface area (TPSA) is 26.3 Å². The molecule has 0 aliphatic carbocycles. The Balaban J connectivity index is 2.32. The SMILES string of the molecule is CCOC(=O)c1ccc(-c2ccc(C(F)(F)F)cc2)c(F)c1. The Morgan fingerprint density at radius 2 is 1.73 bits per heavy atom. The molecule has 0 radical (unpaired) electrons. The van der Waals surface area contributed by atoms with Gasteiger partial charge in [-0.2, -0.15) is 13.2 Å². The normalized spacial score (nSPS) is 11.3. The van der Waals surface area contributed by atoms with Crippen LogP contribution >= 0.6 is 0 Å². The van der Waals surface area contributed by atoms with E-state index in [1.165, 1.54) is 24.3 Å². The van der Waals surface area contributed by atoms with Gasteiger partial charge >= 0.3 is 12.1 Å². The molecule has 0 N–H and O–H groups in total. The fraction of sp³-hybridized carbons (Fsp3) is 0.188. The van der Waals surface area contributed by atoms with Crippen LogP contribution in [0.2, 0.25) is 0 Å². The van der Waals surface area contributed by atoms with Crippen LogP contribution in [0.25, 0.3) is 11.1 Å². The van der Waals surface area contributed by atoms with Gasteiger partial charge in [-0.05, 0) is 36.8 Å². The lowest BCUT2D eigenvalue weighted by molar-refractivity contribution is -0.137. The van der Waals surface area contributed by atoms with Gasteiger partial charge in [-0.15, -0.1) is 0 Å². The second-order valence-electron chi connectivity index (χ2n) is 4.49. The van der Waals surface area contributed by atoms with Gasteiger partial charge in [0.15, 0.2) is 0 Å². The van der Waals surface area contributed by atoms with E-state index in [4.69, 9.17) is 4.74 Å². The fourth-order valence-corrected chi connectivity index (χ4v) is 1.93. The highest BCUT2D eigenvalue weighted by atomic mass is 19.4. The zero-order chi connectivity index (χ0) is 16.3. The number of rotatable bonds is 3. The number of halogens is 4. The summed E-state index contributed by atoms with van der Waals surface area (Å²) in [5.41, 5.74) is -0.350. The van der Waals surface area contributed by atoms with Crippen LogP contribution in [0.4, 0.5) is 17.6 Å². The number of benzene rings is 2. The molecule has 0 bridgehead atoms. The molecule has 22 heavy (non-hydrogen) atoms. The first-order valence-electron chi connectivity index (χ1n) is 6.47. The Hall–Kier alpha value is -2.37. The maximum atomic E-state index is 14.0. The molecule has 0 unspecified atom stereocenters. The van der Waals surface area contributed by atoms with Gasteiger partial charge in [0.2, 0.25) is 0 Å². The van der Waals surface area contributed by atoms with Crippen molar-refractivity contribution < 1.29 is 27.1 Å². The predicted molar refractivity (Wildman–Crippen MR) is 72.8 cm³/mol. The van der Waals surface area contributed by atoms with Crippen molar-refractivity contribution >= 4 is 5.97 Å². The largest absolute Gasteiger partial charge is 0.462 e. The molecule has 0 spiro atoms. The number of esters is 1. The molecular formula is C16H12F4O2. The molecular weight excluding hydrogens is 300 g/mol. The molecule has 0 atom stereocenters. The van der Waals surface area contributed by atoms with Crippen LogP contribution in [-0.2, 0) is 10.9 Å². The molecule has 2 aromatic carbocycles. The summed E-state index contributed by atoms with van der Waals surface area (Å²) >= 11 is 0. The van der Waals surface area contributed by atoms with Crippen molar-refractivity contribution in [3.63, 3.8) is 0 Å². The Bertz CT molecular complexity index is 676. The smallest absolute Gasteiger partial charge is 0.416 e. The molecule has 0 aromatic heterocycles. The van der Waals surface area contributed by atoms with Crippen molar-refractivity contribution in [1.82, 2.24) is 0 Å². The average molecular weight is 312 g/mol. The van der Waals surface area contributed by atoms with Gasteiger partial charge in [-0.1, -0.05) is 18.2 Å². The maximum absolute atomic E-state index is 14.0. The van der Waals surface area contributed by atoms with E-state index in [0.29, 0.717) is 5.56 Å². The first-order chi connectivity index (χ1) is 10.3. The van der Waals surface area contributed by atoms with Crippen molar-refractivity contribution in [1.29, 1.82) is 0 Å². The summed E-state index contributed by atoms with van der Waals surface area (Å²) in [6.45, 7) is 1.80. The van der Waals surface area contributed by atoms with E-state index in [1.807, 2.05) is 0 Å². The highest BCUT2D eigenvalue weighted by molar-refractivity contribution is 5.90. The molecule has 0 saturated carbocycles. The third-order valence-corrected chi connectivity index (χ3v) is 3.00. The molecule has 2 rings (SSSR count). The summed E-state index contributed by atoms with van der Waals surface area (Å²) in [7, 11) is 0. The number of carbonyl (C=O) groups excluding carboxylic acids is 1. The lowest BCUT2D eigenvalue weighted by atomic mass is 10.0. The molecule has 0 heterocycles. The molecule has 0 aliphatic heterocycles. The Morgan fingerprint density at radius 1 is 1.09 bits per heavy atom. The standard InChI is InChI=1S/C16H12F4O2/c1-2-22-15(21)11-5-8-13(14(17)9-11)10-3-6-12(7-4-10)16(18,19)20/h3-9H,2H2,1H3. The van der Waals surface area contributed by atoms with E-state index in [0.717, 1.165) is 18.2 Å². The summed E-state index contributed by atoms with van der Waals surface area (Å²) in [6, 6.07) is 7.85. The molecule has 0 aliphatic rings. The fourth-order valence-electron chi connectivity index (χ4n) is 1.93. The van der Waals surface area contributed by atoms with Gasteiger partial charge < -0.3 is 4.74 Å². The second kappa shape index (κ2) is 6.17. The molecule has 0 saturated heterocycles. The van der Waals surface area contributed by atoms with Gasteiger partial charge in [-0.3, -0.25) is 0 Å². The Morgan fingerprint density at radius 3 is 2.23 bits per heavy atom. The highest BCUT2D eigenvalue weighted by Gasteiger charge is 2.30. The van der Waals surface area contributed by atoms with Crippen molar-refractivity contribution in [2.24, 2.45) is 0 Å². The van der Waals surface area contributed by atoms with Crippen LogP contribution in [0.1, 0.15) is 22.8 Å². The number of hydrogen-bond donors (Lipinski definition) is 0. The maximum Gasteiger partial charge on any atom is 0.416 e. The van der Waals surface area contributed by atoms with Crippen LogP contribution in [0.5, 0.6) is 0 Å². The van der Waals surface area contributed by atoms with Crippen LogP contribution in [0, 0.1) is 5.82 Å². The second-order valence-corrected chi connectivity index (χ2v) is 4.49. The zero-order valence-electron chi connectivity index (χ0n) is 11.6. The monoisotopic (exact) mass is 312 g/mol. The average Bonchev–Trinajstić information content (AvgIpc) is 2.46. The summed E-state index contributed by atoms with van der Waals surface area (Å²) in [6.07, 6.45) is -4.44. The lowest BCUT2D eigenvalue weighted by Gasteiger charge is -2.09. The van der Waals surface area contributed by atoms with Gasteiger partial charge in [0, 0.05) is 5.56 Å². The summed E-state index contributed by atoms with van der Waals surface area (Å²) in [4.78, 5) is 11.5. The van der Waals surface area contributed by atoms with E-state index < -0.39 is 23.5 Å². The Kier molecular flexibility index (Phi) is 4.49. The molecule has 116 valence electrons. The molecule has 2 aromatic rings. The lowest BCUT2D eigenvalue weighted by Crippen LogP contribution is -2.05. The van der Waals surface area contributed by atoms with Crippen molar-refractivity contribution in [2.75, 3.05) is 6.61 Å². The molecule has 2 nitrogen and oxygen atoms in total. The van der Waals surface area contributed by atoms with Crippen LogP contribution in [-0.4, -0.2) is 12.6 Å². The highest BCUT2D eigenvalue weighted by Crippen LogP contribution is 2.31. The van der Waals surface area contributed by atoms with E-state index in [1.54, 1.807) is 6.92 Å². The van der Waals surface area contributed by atoms with Crippen molar-refractivity contribution in [2.45, 2.75) is 13.1 Å². The number of carbonyl (C=O) groups is 1. The first kappa shape index (κ1) is 16.0. The van der Waals surface area contributed by atoms with E-state index >= 15 is 0 Å². The zero-order valence-corrected chi connectivity index (χ0v) is 11.6. The minimum absolute atomic E-state index is 0.0509. The molecule has 0 amide bonds. The number of alkyl halides is 3.